The molecule has 0 bridgehead atoms. The van der Waals surface area contributed by atoms with Crippen LogP contribution in [0.3, 0.4) is 0 Å². The highest BCUT2D eigenvalue weighted by molar-refractivity contribution is 5.01. The van der Waals surface area contributed by atoms with E-state index in [4.69, 9.17) is 0 Å². The maximum absolute atomic E-state index is 3.89. The summed E-state index contributed by atoms with van der Waals surface area (Å²) in [6, 6.07) is 0.426. The molecule has 10 heavy (non-hydrogen) atoms. The lowest BCUT2D eigenvalue weighted by molar-refractivity contribution is 0.369. The van der Waals surface area contributed by atoms with Crippen LogP contribution in [0.15, 0.2) is 12.2 Å². The van der Waals surface area contributed by atoms with Crippen LogP contribution >= 0.6 is 0 Å². The molecule has 0 aromatic carbocycles. The van der Waals surface area contributed by atoms with E-state index in [0.29, 0.717) is 6.04 Å². The van der Waals surface area contributed by atoms with E-state index < -0.39 is 0 Å². The van der Waals surface area contributed by atoms with Crippen LogP contribution in [0.25, 0.3) is 0 Å². The Morgan fingerprint density at radius 2 is 2.10 bits per heavy atom. The van der Waals surface area contributed by atoms with Gasteiger partial charge >= 0.3 is 0 Å². The summed E-state index contributed by atoms with van der Waals surface area (Å²) in [4.78, 5) is 2.15. The molecule has 0 spiro atoms. The highest BCUT2D eigenvalue weighted by Gasteiger charge is 2.05. The van der Waals surface area contributed by atoms with Gasteiger partial charge in [-0.15, -0.1) is 0 Å². The zero-order chi connectivity index (χ0) is 8.15. The van der Waals surface area contributed by atoms with Gasteiger partial charge in [0.1, 0.15) is 0 Å². The molecule has 0 aliphatic carbocycles. The monoisotopic (exact) mass is 142 g/mol. The summed E-state index contributed by atoms with van der Waals surface area (Å²) in [5.74, 6) is 0. The van der Waals surface area contributed by atoms with Gasteiger partial charge in [0.2, 0.25) is 0 Å². The minimum atomic E-state index is 0.426. The van der Waals surface area contributed by atoms with Gasteiger partial charge in [0, 0.05) is 12.6 Å². The van der Waals surface area contributed by atoms with Gasteiger partial charge in [-0.2, -0.15) is 0 Å². The summed E-state index contributed by atoms with van der Waals surface area (Å²) in [5, 5.41) is 3.19. The largest absolute Gasteiger partial charge is 0.312 e. The maximum Gasteiger partial charge on any atom is 0.0400 e. The van der Waals surface area contributed by atoms with Gasteiger partial charge in [-0.25, -0.2) is 0 Å². The topological polar surface area (TPSA) is 15.3 Å². The van der Waals surface area contributed by atoms with E-state index in [-0.39, 0.29) is 0 Å². The summed E-state index contributed by atoms with van der Waals surface area (Å²) in [7, 11) is 6.09. The van der Waals surface area contributed by atoms with Gasteiger partial charge in [-0.05, 0) is 28.1 Å². The van der Waals surface area contributed by atoms with Crippen molar-refractivity contribution < 1.29 is 0 Å². The fourth-order valence-corrected chi connectivity index (χ4v) is 0.859. The molecule has 0 aliphatic rings. The number of nitrogens with zero attached hydrogens (tertiary/aromatic N) is 1. The minimum absolute atomic E-state index is 0.426. The normalized spacial score (nSPS) is 13.7. The molecule has 1 unspecified atom stereocenters. The van der Waals surface area contributed by atoms with Crippen molar-refractivity contribution >= 4 is 0 Å². The molecular formula is C8H18N2. The minimum Gasteiger partial charge on any atom is -0.312 e. The molecule has 2 heteroatoms. The second kappa shape index (κ2) is 4.47. The first-order valence-corrected chi connectivity index (χ1v) is 3.55. The molecule has 0 radical (unpaired) electrons. The molecule has 0 saturated heterocycles. The van der Waals surface area contributed by atoms with Crippen LogP contribution in [-0.2, 0) is 0 Å². The lowest BCUT2D eigenvalue weighted by Gasteiger charge is -2.20. The summed E-state index contributed by atoms with van der Waals surface area (Å²) in [6.07, 6.45) is 0. The van der Waals surface area contributed by atoms with E-state index in [0.717, 1.165) is 6.54 Å². The van der Waals surface area contributed by atoms with Gasteiger partial charge in [0.05, 0.1) is 0 Å². The summed E-state index contributed by atoms with van der Waals surface area (Å²) in [6.45, 7) is 6.96. The SMILES string of the molecule is C=C(C)C(CN(C)C)NC. The summed E-state index contributed by atoms with van der Waals surface area (Å²) < 4.78 is 0. The standard InChI is InChI=1S/C8H18N2/c1-7(2)8(9-3)6-10(4)5/h8-9H,1,6H2,2-5H3. The average Bonchev–Trinajstić information content (AvgIpc) is 1.81. The average molecular weight is 142 g/mol. The molecule has 0 aromatic heterocycles. The maximum atomic E-state index is 3.89. The van der Waals surface area contributed by atoms with E-state index in [1.165, 1.54) is 5.57 Å². The second-order valence-electron chi connectivity index (χ2n) is 2.95. The Morgan fingerprint density at radius 3 is 2.20 bits per heavy atom. The van der Waals surface area contributed by atoms with Crippen LogP contribution in [-0.4, -0.2) is 38.6 Å². The highest BCUT2D eigenvalue weighted by Crippen LogP contribution is 1.97. The van der Waals surface area contributed by atoms with Gasteiger partial charge in [-0.1, -0.05) is 12.2 Å². The highest BCUT2D eigenvalue weighted by atomic mass is 15.1. The quantitative estimate of drug-likeness (QED) is 0.582. The van der Waals surface area contributed by atoms with E-state index in [1.807, 2.05) is 14.0 Å². The summed E-state index contributed by atoms with van der Waals surface area (Å²) >= 11 is 0. The van der Waals surface area contributed by atoms with Crippen LogP contribution in [0.2, 0.25) is 0 Å². The Hall–Kier alpha value is -0.340. The number of rotatable bonds is 4. The third kappa shape index (κ3) is 3.64. The first-order valence-electron chi connectivity index (χ1n) is 3.55. The molecule has 2 nitrogen and oxygen atoms in total. The lowest BCUT2D eigenvalue weighted by Crippen LogP contribution is -2.36. The van der Waals surface area contributed by atoms with Crippen molar-refractivity contribution in [1.29, 1.82) is 0 Å². The molecule has 0 amide bonds. The Kier molecular flexibility index (Phi) is 4.32. The van der Waals surface area contributed by atoms with Gasteiger partial charge in [0.25, 0.3) is 0 Å². The third-order valence-corrected chi connectivity index (χ3v) is 1.49. The van der Waals surface area contributed by atoms with Gasteiger partial charge in [-0.3, -0.25) is 0 Å². The van der Waals surface area contributed by atoms with Crippen LogP contribution in [0.5, 0.6) is 0 Å². The van der Waals surface area contributed by atoms with Crippen LogP contribution in [0.1, 0.15) is 6.92 Å². The zero-order valence-electron chi connectivity index (χ0n) is 7.44. The van der Waals surface area contributed by atoms with Crippen molar-refractivity contribution in [3.8, 4) is 0 Å². The van der Waals surface area contributed by atoms with Crippen LogP contribution in [0, 0.1) is 0 Å². The van der Waals surface area contributed by atoms with Crippen molar-refractivity contribution in [2.24, 2.45) is 0 Å². The molecule has 1 N–H and O–H groups in total. The Morgan fingerprint density at radius 1 is 1.60 bits per heavy atom. The third-order valence-electron chi connectivity index (χ3n) is 1.49. The second-order valence-corrected chi connectivity index (χ2v) is 2.95. The van der Waals surface area contributed by atoms with Crippen LogP contribution in [0.4, 0.5) is 0 Å². The van der Waals surface area contributed by atoms with E-state index >= 15 is 0 Å². The number of hydrogen-bond donors (Lipinski definition) is 1. The number of hydrogen-bond acceptors (Lipinski definition) is 2. The fourth-order valence-electron chi connectivity index (χ4n) is 0.859. The smallest absolute Gasteiger partial charge is 0.0400 e. The Bertz CT molecular complexity index is 108. The first-order chi connectivity index (χ1) is 4.57. The molecule has 0 fully saturated rings. The molecule has 0 aromatic rings. The Balaban J connectivity index is 3.72. The Labute approximate surface area is 63.9 Å². The van der Waals surface area contributed by atoms with E-state index in [9.17, 15) is 0 Å². The van der Waals surface area contributed by atoms with Crippen molar-refractivity contribution in [3.05, 3.63) is 12.2 Å². The molecular weight excluding hydrogens is 124 g/mol. The van der Waals surface area contributed by atoms with Crippen molar-refractivity contribution in [3.63, 3.8) is 0 Å². The van der Waals surface area contributed by atoms with Crippen LogP contribution < -0.4 is 5.32 Å². The van der Waals surface area contributed by atoms with Gasteiger partial charge in [0.15, 0.2) is 0 Å². The van der Waals surface area contributed by atoms with Gasteiger partial charge < -0.3 is 10.2 Å². The molecule has 1 atom stereocenters. The van der Waals surface area contributed by atoms with E-state index in [2.05, 4.69) is 30.9 Å². The predicted molar refractivity (Wildman–Crippen MR) is 46.2 cm³/mol. The van der Waals surface area contributed by atoms with Crippen molar-refractivity contribution in [2.75, 3.05) is 27.7 Å². The number of likely N-dealkylation sites (N-methyl/N-ethyl adjacent to an activating group) is 2. The predicted octanol–water partition coefficient (Wildman–Crippen LogP) is 0.712. The van der Waals surface area contributed by atoms with Crippen molar-refractivity contribution in [2.45, 2.75) is 13.0 Å². The fraction of sp³-hybridized carbons (Fsp3) is 0.750. The van der Waals surface area contributed by atoms with E-state index in [1.54, 1.807) is 0 Å². The molecule has 0 saturated carbocycles. The van der Waals surface area contributed by atoms with Crippen molar-refractivity contribution in [1.82, 2.24) is 10.2 Å². The zero-order valence-corrected chi connectivity index (χ0v) is 7.44. The lowest BCUT2D eigenvalue weighted by atomic mass is 10.1. The first kappa shape index (κ1) is 9.66. The molecule has 60 valence electrons. The molecule has 0 aliphatic heterocycles. The number of nitrogens with one attached hydrogen (secondary N) is 1. The molecule has 0 rings (SSSR count). The summed E-state index contributed by atoms with van der Waals surface area (Å²) in [5.41, 5.74) is 1.19. The molecule has 0 heterocycles.